The summed E-state index contributed by atoms with van der Waals surface area (Å²) in [6.07, 6.45) is -0.218. The Hall–Kier alpha value is -3.36. The highest BCUT2D eigenvalue weighted by Crippen LogP contribution is 2.11. The highest BCUT2D eigenvalue weighted by atomic mass is 32.2. The summed E-state index contributed by atoms with van der Waals surface area (Å²) < 4.78 is 0. The standard InChI is InChI=1S/C23H34N4O9S/c1-12(28)19(23(35)36)27-22(34)17(9-10-37-2)26-21(33)16(7-8-18(30)31)25-20(32)15(24)11-13-3-5-14(29)6-4-13/h3-6,12,15-17,19,28-29H,7-11,24H2,1-2H3,(H,25,32)(H,26,33)(H,27,34)(H,30,31)(H,35,36). The number of aliphatic carboxylic acids is 2. The second-order valence-electron chi connectivity index (χ2n) is 8.38. The summed E-state index contributed by atoms with van der Waals surface area (Å²) in [7, 11) is 0. The largest absolute Gasteiger partial charge is 0.508 e. The number of aliphatic hydroxyl groups is 1. The molecule has 5 atom stereocenters. The number of nitrogens with two attached hydrogens (primary N) is 1. The maximum atomic E-state index is 13.0. The van der Waals surface area contributed by atoms with Gasteiger partial charge in [-0.05, 0) is 55.9 Å². The number of hydrogen-bond donors (Lipinski definition) is 8. The number of carbonyl (C=O) groups excluding carboxylic acids is 3. The van der Waals surface area contributed by atoms with Crippen LogP contribution in [0, 0.1) is 0 Å². The van der Waals surface area contributed by atoms with Gasteiger partial charge >= 0.3 is 11.9 Å². The minimum Gasteiger partial charge on any atom is -0.508 e. The highest BCUT2D eigenvalue weighted by molar-refractivity contribution is 7.98. The van der Waals surface area contributed by atoms with Crippen molar-refractivity contribution in [3.8, 4) is 5.75 Å². The Bertz CT molecular complexity index is 943. The van der Waals surface area contributed by atoms with Gasteiger partial charge < -0.3 is 42.1 Å². The second kappa shape index (κ2) is 15.7. The number of rotatable bonds is 16. The molecule has 0 bridgehead atoms. The van der Waals surface area contributed by atoms with E-state index < -0.39 is 66.4 Å². The molecule has 3 amide bonds. The molecule has 1 rings (SSSR count). The topological polar surface area (TPSA) is 228 Å². The molecular formula is C23H34N4O9S. The summed E-state index contributed by atoms with van der Waals surface area (Å²) in [4.78, 5) is 60.8. The number of aromatic hydroxyl groups is 1. The van der Waals surface area contributed by atoms with Crippen LogP contribution >= 0.6 is 11.8 Å². The van der Waals surface area contributed by atoms with Crippen molar-refractivity contribution in [3.05, 3.63) is 29.8 Å². The normalized spacial score (nSPS) is 14.9. The van der Waals surface area contributed by atoms with E-state index in [2.05, 4.69) is 16.0 Å². The molecule has 0 spiro atoms. The molecule has 0 saturated carbocycles. The van der Waals surface area contributed by atoms with Crippen molar-refractivity contribution in [3.63, 3.8) is 0 Å². The van der Waals surface area contributed by atoms with Gasteiger partial charge in [-0.15, -0.1) is 0 Å². The van der Waals surface area contributed by atoms with Gasteiger partial charge in [0, 0.05) is 6.42 Å². The van der Waals surface area contributed by atoms with E-state index in [0.717, 1.165) is 0 Å². The molecule has 0 fully saturated rings. The van der Waals surface area contributed by atoms with Crippen LogP contribution in [0.5, 0.6) is 5.75 Å². The number of carboxylic acids is 2. The lowest BCUT2D eigenvalue weighted by atomic mass is 10.0. The fraction of sp³-hybridized carbons (Fsp3) is 0.522. The Morgan fingerprint density at radius 3 is 1.97 bits per heavy atom. The van der Waals surface area contributed by atoms with Gasteiger partial charge in [0.1, 0.15) is 17.8 Å². The lowest BCUT2D eigenvalue weighted by Crippen LogP contribution is -2.58. The van der Waals surface area contributed by atoms with Crippen LogP contribution in [0.4, 0.5) is 0 Å². The van der Waals surface area contributed by atoms with Crippen LogP contribution in [-0.4, -0.2) is 92.4 Å². The molecule has 0 aliphatic rings. The van der Waals surface area contributed by atoms with E-state index >= 15 is 0 Å². The first-order chi connectivity index (χ1) is 17.3. The van der Waals surface area contributed by atoms with Crippen molar-refractivity contribution in [1.29, 1.82) is 0 Å². The van der Waals surface area contributed by atoms with E-state index in [-0.39, 0.29) is 25.0 Å². The molecule has 13 nitrogen and oxygen atoms in total. The van der Waals surface area contributed by atoms with E-state index in [4.69, 9.17) is 10.8 Å². The third kappa shape index (κ3) is 11.5. The first-order valence-electron chi connectivity index (χ1n) is 11.4. The maximum absolute atomic E-state index is 13.0. The van der Waals surface area contributed by atoms with Gasteiger partial charge in [0.05, 0.1) is 12.1 Å². The quantitative estimate of drug-likeness (QED) is 0.124. The number of carboxylic acid groups (broad SMARTS) is 2. The number of hydrogen-bond acceptors (Lipinski definition) is 9. The molecule has 0 heterocycles. The van der Waals surface area contributed by atoms with Crippen LogP contribution in [-0.2, 0) is 30.4 Å². The molecule has 14 heteroatoms. The van der Waals surface area contributed by atoms with Crippen LogP contribution in [0.25, 0.3) is 0 Å². The molecule has 5 unspecified atom stereocenters. The number of thioether (sulfide) groups is 1. The molecular weight excluding hydrogens is 508 g/mol. The van der Waals surface area contributed by atoms with Gasteiger partial charge in [-0.3, -0.25) is 19.2 Å². The van der Waals surface area contributed by atoms with E-state index in [1.807, 2.05) is 0 Å². The number of amides is 3. The third-order valence-corrected chi connectivity index (χ3v) is 5.94. The van der Waals surface area contributed by atoms with Crippen molar-refractivity contribution in [2.45, 2.75) is 62.9 Å². The predicted molar refractivity (Wildman–Crippen MR) is 135 cm³/mol. The monoisotopic (exact) mass is 542 g/mol. The van der Waals surface area contributed by atoms with Gasteiger partial charge in [-0.25, -0.2) is 4.79 Å². The van der Waals surface area contributed by atoms with Crippen LogP contribution in [0.1, 0.15) is 31.7 Å². The fourth-order valence-corrected chi connectivity index (χ4v) is 3.68. The van der Waals surface area contributed by atoms with Gasteiger partial charge in [0.2, 0.25) is 17.7 Å². The molecule has 0 aliphatic carbocycles. The Morgan fingerprint density at radius 2 is 1.46 bits per heavy atom. The SMILES string of the molecule is CSCCC(NC(=O)C(CCC(=O)O)NC(=O)C(N)Cc1ccc(O)cc1)C(=O)NC(C(=O)O)C(C)O. The van der Waals surface area contributed by atoms with Gasteiger partial charge in [-0.1, -0.05) is 12.1 Å². The zero-order valence-corrected chi connectivity index (χ0v) is 21.4. The molecule has 0 aliphatic heterocycles. The van der Waals surface area contributed by atoms with E-state index in [9.17, 15) is 39.3 Å². The Kier molecular flexibility index (Phi) is 13.4. The van der Waals surface area contributed by atoms with E-state index in [0.29, 0.717) is 11.3 Å². The first kappa shape index (κ1) is 31.7. The lowest BCUT2D eigenvalue weighted by molar-refractivity contribution is -0.145. The minimum absolute atomic E-state index is 0.0374. The molecule has 0 aromatic heterocycles. The van der Waals surface area contributed by atoms with Gasteiger partial charge in [0.15, 0.2) is 6.04 Å². The number of benzene rings is 1. The molecule has 0 saturated heterocycles. The van der Waals surface area contributed by atoms with Crippen molar-refractivity contribution in [1.82, 2.24) is 16.0 Å². The van der Waals surface area contributed by atoms with E-state index in [1.54, 1.807) is 18.4 Å². The average molecular weight is 543 g/mol. The van der Waals surface area contributed by atoms with Crippen molar-refractivity contribution in [2.24, 2.45) is 5.73 Å². The summed E-state index contributed by atoms with van der Waals surface area (Å²) in [5.41, 5.74) is 6.59. The van der Waals surface area contributed by atoms with Crippen LogP contribution in [0.15, 0.2) is 24.3 Å². The molecule has 9 N–H and O–H groups in total. The third-order valence-electron chi connectivity index (χ3n) is 5.30. The number of aliphatic hydroxyl groups excluding tert-OH is 1. The summed E-state index contributed by atoms with van der Waals surface area (Å²) in [6, 6.07) is 0.739. The molecule has 37 heavy (non-hydrogen) atoms. The van der Waals surface area contributed by atoms with Crippen LogP contribution in [0.3, 0.4) is 0 Å². The van der Waals surface area contributed by atoms with E-state index in [1.165, 1.54) is 30.8 Å². The maximum Gasteiger partial charge on any atom is 0.328 e. The summed E-state index contributed by atoms with van der Waals surface area (Å²) in [5.74, 6) is -4.67. The zero-order valence-electron chi connectivity index (χ0n) is 20.5. The number of carbonyl (C=O) groups is 5. The number of nitrogens with one attached hydrogen (secondary N) is 3. The smallest absolute Gasteiger partial charge is 0.328 e. The molecule has 1 aromatic carbocycles. The summed E-state index contributed by atoms with van der Waals surface area (Å²) >= 11 is 1.37. The molecule has 206 valence electrons. The minimum atomic E-state index is -1.61. The molecule has 1 aromatic rings. The highest BCUT2D eigenvalue weighted by Gasteiger charge is 2.32. The van der Waals surface area contributed by atoms with Crippen molar-refractivity contribution in [2.75, 3.05) is 12.0 Å². The van der Waals surface area contributed by atoms with Crippen LogP contribution < -0.4 is 21.7 Å². The number of phenols is 1. The summed E-state index contributed by atoms with van der Waals surface area (Å²) in [5, 5.41) is 44.3. The lowest BCUT2D eigenvalue weighted by Gasteiger charge is -2.25. The Balaban J connectivity index is 2.98. The Morgan fingerprint density at radius 1 is 0.919 bits per heavy atom. The average Bonchev–Trinajstić information content (AvgIpc) is 2.82. The second-order valence-corrected chi connectivity index (χ2v) is 9.36. The molecule has 0 radical (unpaired) electrons. The van der Waals surface area contributed by atoms with Crippen molar-refractivity contribution >= 4 is 41.4 Å². The van der Waals surface area contributed by atoms with Gasteiger partial charge in [-0.2, -0.15) is 11.8 Å². The number of phenolic OH excluding ortho intramolecular Hbond substituents is 1. The van der Waals surface area contributed by atoms with Crippen molar-refractivity contribution < 1.29 is 44.4 Å². The fourth-order valence-electron chi connectivity index (χ4n) is 3.21. The van der Waals surface area contributed by atoms with Crippen LogP contribution in [0.2, 0.25) is 0 Å². The Labute approximate surface area is 218 Å². The van der Waals surface area contributed by atoms with Gasteiger partial charge in [0.25, 0.3) is 0 Å². The summed E-state index contributed by atoms with van der Waals surface area (Å²) in [6.45, 7) is 1.19. The predicted octanol–water partition coefficient (Wildman–Crippen LogP) is -1.20. The first-order valence-corrected chi connectivity index (χ1v) is 12.8. The zero-order chi connectivity index (χ0) is 28.1.